The second kappa shape index (κ2) is 16.2. The molecule has 3 aliphatic rings. The summed E-state index contributed by atoms with van der Waals surface area (Å²) < 4.78 is 2.71. The Morgan fingerprint density at radius 2 is 0.897 bits per heavy atom. The Kier molecular flexibility index (Phi) is 11.0. The van der Waals surface area contributed by atoms with E-state index in [0.717, 1.165) is 12.8 Å². The predicted octanol–water partition coefficient (Wildman–Crippen LogP) is 13.0. The Morgan fingerprint density at radius 3 is 1.40 bits per heavy atom. The maximum absolute atomic E-state index is 2.94. The molecule has 0 radical (unpaired) electrons. The average Bonchev–Trinajstić information content (AvgIpc) is 3.96. The standard InChI is InChI=1S/2C22H25.C12H9Si.Zr/c2*1-5-16(4)18-13-17-9-8-12-21(22(17)14-18)20-11-7-6-10-19(20)15(2)3;1-3-7-11-9(5-1)10-6-2-4-8-12(10)13-11;/h2*6-16H,5H2,1-4H3;1-7H,13H2;. The Morgan fingerprint density at radius 1 is 0.466 bits per heavy atom. The third-order valence-corrected chi connectivity index (χ3v) is 26.0. The second-order valence-corrected chi connectivity index (χ2v) is 26.2. The fourth-order valence-corrected chi connectivity index (χ4v) is 25.2. The van der Waals surface area contributed by atoms with Gasteiger partial charge in [-0.25, -0.2) is 0 Å². The summed E-state index contributed by atoms with van der Waals surface area (Å²) in [6.07, 6.45) is 7.75. The third kappa shape index (κ3) is 6.58. The molecule has 0 saturated carbocycles. The van der Waals surface area contributed by atoms with Gasteiger partial charge in [-0.05, 0) is 0 Å². The van der Waals surface area contributed by atoms with E-state index in [2.05, 4.69) is 195 Å². The van der Waals surface area contributed by atoms with Gasteiger partial charge in [0.2, 0.25) is 0 Å². The van der Waals surface area contributed by atoms with E-state index in [9.17, 15) is 0 Å². The van der Waals surface area contributed by atoms with Crippen LogP contribution in [-0.4, -0.2) is 9.52 Å². The molecule has 0 nitrogen and oxygen atoms in total. The zero-order valence-corrected chi connectivity index (χ0v) is 39.7. The van der Waals surface area contributed by atoms with Gasteiger partial charge < -0.3 is 0 Å². The zero-order valence-electron chi connectivity index (χ0n) is 35.9. The van der Waals surface area contributed by atoms with Gasteiger partial charge in [-0.3, -0.25) is 0 Å². The van der Waals surface area contributed by atoms with Crippen molar-refractivity contribution in [2.45, 2.75) is 87.3 Å². The normalized spacial score (nSPS) is 17.8. The molecule has 6 aromatic carbocycles. The number of benzene rings is 6. The molecule has 0 saturated heterocycles. The molecule has 4 unspecified atom stereocenters. The van der Waals surface area contributed by atoms with Crippen LogP contribution in [0.25, 0.3) is 45.5 Å². The molecule has 2 aliphatic carbocycles. The van der Waals surface area contributed by atoms with Gasteiger partial charge >= 0.3 is 362 Å². The molecular weight excluding hydrogens is 792 g/mol. The van der Waals surface area contributed by atoms with Crippen molar-refractivity contribution in [3.8, 4) is 33.4 Å². The van der Waals surface area contributed by atoms with Crippen LogP contribution in [0.15, 0.2) is 139 Å². The summed E-state index contributed by atoms with van der Waals surface area (Å²) in [5, 5.41) is 3.39. The summed E-state index contributed by atoms with van der Waals surface area (Å²) in [6, 6.07) is 50.1. The summed E-state index contributed by atoms with van der Waals surface area (Å²) >= 11 is -2.94. The number of fused-ring (bicyclic) bond motifs is 5. The van der Waals surface area contributed by atoms with E-state index in [1.165, 1.54) is 55.6 Å². The van der Waals surface area contributed by atoms with Crippen LogP contribution in [0.2, 0.25) is 0 Å². The molecule has 1 aliphatic heterocycles. The quantitative estimate of drug-likeness (QED) is 0.114. The van der Waals surface area contributed by atoms with Crippen LogP contribution in [0.4, 0.5) is 0 Å². The fraction of sp³-hybridized carbons (Fsp3) is 0.286. The summed E-state index contributed by atoms with van der Waals surface area (Å²) in [4.78, 5) is 0. The molecular formula is C56H59SiZr. The third-order valence-electron chi connectivity index (χ3n) is 14.1. The number of hydrogen-bond donors (Lipinski definition) is 0. The van der Waals surface area contributed by atoms with Crippen molar-refractivity contribution < 1.29 is 21.8 Å². The van der Waals surface area contributed by atoms with Crippen LogP contribution in [0.3, 0.4) is 0 Å². The average molecular weight is 851 g/mol. The van der Waals surface area contributed by atoms with Crippen molar-refractivity contribution in [2.24, 2.45) is 11.8 Å². The SMILES string of the molecule is CCC(C)C1=Cc2c(-c3ccccc3C(C)C)cccc2[CH]1[Zr]([c]1cccc2c1[SiH2]c1ccccc1-2)[CH]1C(C(C)CC)=Cc2c(-c3ccccc3C(C)C)cccc21. The first kappa shape index (κ1) is 39.4. The minimum absolute atomic E-state index is 0.456. The van der Waals surface area contributed by atoms with E-state index >= 15 is 0 Å². The molecule has 58 heavy (non-hydrogen) atoms. The molecule has 0 bridgehead atoms. The summed E-state index contributed by atoms with van der Waals surface area (Å²) in [5.41, 5.74) is 21.2. The monoisotopic (exact) mass is 849 g/mol. The van der Waals surface area contributed by atoms with Gasteiger partial charge in [0.15, 0.2) is 0 Å². The Hall–Kier alpha value is -4.10. The van der Waals surface area contributed by atoms with Gasteiger partial charge in [0.25, 0.3) is 0 Å². The fourth-order valence-electron chi connectivity index (χ4n) is 10.7. The van der Waals surface area contributed by atoms with Crippen LogP contribution in [0, 0.1) is 11.8 Å². The molecule has 0 N–H and O–H groups in total. The number of hydrogen-bond acceptors (Lipinski definition) is 0. The summed E-state index contributed by atoms with van der Waals surface area (Å²) in [5.74, 6) is 1.93. The van der Waals surface area contributed by atoms with E-state index < -0.39 is 31.3 Å². The predicted molar refractivity (Wildman–Crippen MR) is 252 cm³/mol. The molecule has 0 fully saturated rings. The molecule has 2 heteroatoms. The first-order valence-electron chi connectivity index (χ1n) is 22.2. The molecule has 0 aromatic heterocycles. The number of rotatable bonds is 11. The van der Waals surface area contributed by atoms with Gasteiger partial charge in [0.05, 0.1) is 0 Å². The van der Waals surface area contributed by atoms with Crippen LogP contribution in [0.5, 0.6) is 0 Å². The van der Waals surface area contributed by atoms with Crippen molar-refractivity contribution in [2.75, 3.05) is 0 Å². The van der Waals surface area contributed by atoms with Gasteiger partial charge in [-0.15, -0.1) is 0 Å². The van der Waals surface area contributed by atoms with Crippen molar-refractivity contribution >= 4 is 35.3 Å². The van der Waals surface area contributed by atoms with E-state index in [4.69, 9.17) is 0 Å². The van der Waals surface area contributed by atoms with Gasteiger partial charge in [-0.2, -0.15) is 0 Å². The molecule has 9 rings (SSSR count). The summed E-state index contributed by atoms with van der Waals surface area (Å²) in [7, 11) is -0.638. The van der Waals surface area contributed by atoms with Crippen LogP contribution in [-0.2, 0) is 21.8 Å². The Labute approximate surface area is 359 Å². The van der Waals surface area contributed by atoms with E-state index in [-0.39, 0.29) is 0 Å². The maximum atomic E-state index is 2.72. The number of allylic oxidation sites excluding steroid dienone is 2. The molecule has 0 amide bonds. The minimum atomic E-state index is -2.94. The van der Waals surface area contributed by atoms with Gasteiger partial charge in [0, 0.05) is 0 Å². The van der Waals surface area contributed by atoms with Crippen LogP contribution < -0.4 is 13.6 Å². The first-order valence-corrected chi connectivity index (χ1v) is 27.6. The van der Waals surface area contributed by atoms with Crippen molar-refractivity contribution in [1.29, 1.82) is 0 Å². The zero-order chi connectivity index (χ0) is 40.2. The second-order valence-electron chi connectivity index (χ2n) is 18.0. The topological polar surface area (TPSA) is 0 Å². The van der Waals surface area contributed by atoms with Crippen molar-refractivity contribution in [3.05, 3.63) is 172 Å². The van der Waals surface area contributed by atoms with Crippen LogP contribution >= 0.6 is 0 Å². The van der Waals surface area contributed by atoms with Gasteiger partial charge in [0.1, 0.15) is 0 Å². The van der Waals surface area contributed by atoms with E-state index in [0.29, 0.717) is 30.9 Å². The van der Waals surface area contributed by atoms with E-state index in [1.807, 2.05) is 0 Å². The molecule has 4 atom stereocenters. The molecule has 6 aromatic rings. The Balaban J connectivity index is 1.34. The van der Waals surface area contributed by atoms with E-state index in [1.54, 1.807) is 35.9 Å². The Bertz CT molecular complexity index is 2450. The van der Waals surface area contributed by atoms with Crippen molar-refractivity contribution in [1.82, 2.24) is 0 Å². The first-order chi connectivity index (χ1) is 28.2. The van der Waals surface area contributed by atoms with Crippen LogP contribution in [0.1, 0.15) is 121 Å². The molecule has 0 spiro atoms. The summed E-state index contributed by atoms with van der Waals surface area (Å²) in [6.45, 7) is 19.3. The molecule has 1 heterocycles. The van der Waals surface area contributed by atoms with Crippen molar-refractivity contribution in [3.63, 3.8) is 0 Å². The molecule has 291 valence electrons. The van der Waals surface area contributed by atoms with Gasteiger partial charge in [-0.1, -0.05) is 0 Å².